The van der Waals surface area contributed by atoms with Gasteiger partial charge in [-0.15, -0.1) is 0 Å². The Morgan fingerprint density at radius 3 is 2.89 bits per heavy atom. The van der Waals surface area contributed by atoms with Crippen molar-refractivity contribution in [3.63, 3.8) is 0 Å². The van der Waals surface area contributed by atoms with Crippen molar-refractivity contribution in [3.05, 3.63) is 34.9 Å². The third-order valence-corrected chi connectivity index (χ3v) is 4.02. The van der Waals surface area contributed by atoms with Crippen molar-refractivity contribution < 1.29 is 0 Å². The van der Waals surface area contributed by atoms with Gasteiger partial charge in [0.25, 0.3) is 0 Å². The van der Waals surface area contributed by atoms with Crippen molar-refractivity contribution in [2.75, 3.05) is 7.05 Å². The molecule has 2 N–H and O–H groups in total. The summed E-state index contributed by atoms with van der Waals surface area (Å²) in [7, 11) is 2.03. The summed E-state index contributed by atoms with van der Waals surface area (Å²) in [6.07, 6.45) is 3.57. The second kappa shape index (κ2) is 4.47. The number of nitrogens with zero attached hydrogens (tertiary/aromatic N) is 2. The number of nitrogens with two attached hydrogens (primary N) is 1. The zero-order chi connectivity index (χ0) is 12.7. The summed E-state index contributed by atoms with van der Waals surface area (Å²) in [6.45, 7) is 0. The molecule has 0 aromatic heterocycles. The summed E-state index contributed by atoms with van der Waals surface area (Å²) >= 11 is 6.00. The maximum atomic E-state index is 6.02. The SMILES string of the molecule is CN(C(N)=N[C@@H]1C[C@H]1c1cccc(Cl)c1)C1CC1. The molecule has 0 aliphatic heterocycles. The first kappa shape index (κ1) is 11.8. The normalized spacial score (nSPS) is 27.1. The predicted molar refractivity (Wildman–Crippen MR) is 75.0 cm³/mol. The van der Waals surface area contributed by atoms with Crippen molar-refractivity contribution in [2.24, 2.45) is 10.7 Å². The van der Waals surface area contributed by atoms with Crippen molar-refractivity contribution in [2.45, 2.75) is 37.3 Å². The van der Waals surface area contributed by atoms with Crippen LogP contribution in [0.4, 0.5) is 0 Å². The molecule has 96 valence electrons. The van der Waals surface area contributed by atoms with Crippen LogP contribution in [0.25, 0.3) is 0 Å². The Labute approximate surface area is 113 Å². The number of aliphatic imine (C=N–C) groups is 1. The van der Waals surface area contributed by atoms with Crippen LogP contribution < -0.4 is 5.73 Å². The molecule has 0 bridgehead atoms. The van der Waals surface area contributed by atoms with Gasteiger partial charge in [0.2, 0.25) is 0 Å². The van der Waals surface area contributed by atoms with E-state index in [0.29, 0.717) is 24.0 Å². The Balaban J connectivity index is 1.65. The Kier molecular flexibility index (Phi) is 2.94. The average molecular weight is 264 g/mol. The summed E-state index contributed by atoms with van der Waals surface area (Å²) < 4.78 is 0. The fourth-order valence-electron chi connectivity index (χ4n) is 2.33. The molecule has 2 saturated carbocycles. The minimum absolute atomic E-state index is 0.338. The minimum Gasteiger partial charge on any atom is -0.370 e. The lowest BCUT2D eigenvalue weighted by Gasteiger charge is -2.16. The van der Waals surface area contributed by atoms with E-state index in [1.54, 1.807) is 0 Å². The molecule has 0 saturated heterocycles. The molecule has 0 heterocycles. The van der Waals surface area contributed by atoms with E-state index in [1.165, 1.54) is 18.4 Å². The molecule has 3 rings (SSSR count). The summed E-state index contributed by atoms with van der Waals surface area (Å²) in [5.41, 5.74) is 7.30. The van der Waals surface area contributed by atoms with Gasteiger partial charge in [0, 0.05) is 24.0 Å². The highest BCUT2D eigenvalue weighted by molar-refractivity contribution is 6.30. The van der Waals surface area contributed by atoms with Gasteiger partial charge in [-0.1, -0.05) is 23.7 Å². The van der Waals surface area contributed by atoms with E-state index in [0.717, 1.165) is 11.4 Å². The highest BCUT2D eigenvalue weighted by atomic mass is 35.5. The summed E-state index contributed by atoms with van der Waals surface area (Å²) in [6, 6.07) is 9.01. The number of guanidine groups is 1. The first-order valence-corrected chi connectivity index (χ1v) is 6.84. The molecule has 18 heavy (non-hydrogen) atoms. The molecule has 0 amide bonds. The molecule has 0 unspecified atom stereocenters. The standard InChI is InChI=1S/C14H18ClN3/c1-18(11-5-6-11)14(16)17-13-8-12(13)9-3-2-4-10(15)7-9/h2-4,7,11-13H,5-6,8H2,1H3,(H2,16,17)/t12-,13+/m0/s1. The maximum absolute atomic E-state index is 6.02. The van der Waals surface area contributed by atoms with Gasteiger partial charge < -0.3 is 10.6 Å². The van der Waals surface area contributed by atoms with Gasteiger partial charge in [0.1, 0.15) is 0 Å². The predicted octanol–water partition coefficient (Wildman–Crippen LogP) is 2.60. The maximum Gasteiger partial charge on any atom is 0.191 e. The van der Waals surface area contributed by atoms with Crippen LogP contribution in [-0.4, -0.2) is 30.0 Å². The number of halogens is 1. The zero-order valence-electron chi connectivity index (χ0n) is 10.5. The molecular formula is C14H18ClN3. The van der Waals surface area contributed by atoms with Gasteiger partial charge in [0.15, 0.2) is 5.96 Å². The first-order valence-electron chi connectivity index (χ1n) is 6.46. The number of rotatable bonds is 3. The van der Waals surface area contributed by atoms with Gasteiger partial charge in [-0.05, 0) is 37.0 Å². The average Bonchev–Trinajstić information content (AvgIpc) is 3.22. The topological polar surface area (TPSA) is 41.6 Å². The third kappa shape index (κ3) is 2.46. The van der Waals surface area contributed by atoms with Gasteiger partial charge in [-0.25, -0.2) is 4.99 Å². The summed E-state index contributed by atoms with van der Waals surface area (Å²) in [5.74, 6) is 1.18. The van der Waals surface area contributed by atoms with E-state index in [2.05, 4.69) is 16.0 Å². The van der Waals surface area contributed by atoms with Crippen LogP contribution >= 0.6 is 11.6 Å². The zero-order valence-corrected chi connectivity index (χ0v) is 11.3. The van der Waals surface area contributed by atoms with Crippen LogP contribution in [-0.2, 0) is 0 Å². The number of benzene rings is 1. The molecular weight excluding hydrogens is 246 g/mol. The van der Waals surface area contributed by atoms with Crippen LogP contribution in [0.2, 0.25) is 5.02 Å². The van der Waals surface area contributed by atoms with Crippen molar-refractivity contribution in [1.29, 1.82) is 0 Å². The summed E-state index contributed by atoms with van der Waals surface area (Å²) in [4.78, 5) is 6.72. The van der Waals surface area contributed by atoms with Crippen LogP contribution in [0.3, 0.4) is 0 Å². The monoisotopic (exact) mass is 263 g/mol. The van der Waals surface area contributed by atoms with Gasteiger partial charge in [-0.2, -0.15) is 0 Å². The molecule has 2 aliphatic rings. The largest absolute Gasteiger partial charge is 0.370 e. The lowest BCUT2D eigenvalue weighted by molar-refractivity contribution is 0.487. The molecule has 2 aliphatic carbocycles. The van der Waals surface area contributed by atoms with E-state index in [-0.39, 0.29) is 0 Å². The van der Waals surface area contributed by atoms with Gasteiger partial charge in [0.05, 0.1) is 6.04 Å². The summed E-state index contributed by atoms with van der Waals surface area (Å²) in [5, 5.41) is 0.796. The van der Waals surface area contributed by atoms with E-state index >= 15 is 0 Å². The van der Waals surface area contributed by atoms with Crippen molar-refractivity contribution in [3.8, 4) is 0 Å². The highest BCUT2D eigenvalue weighted by Crippen LogP contribution is 2.44. The van der Waals surface area contributed by atoms with E-state index in [9.17, 15) is 0 Å². The number of hydrogen-bond acceptors (Lipinski definition) is 1. The fourth-order valence-corrected chi connectivity index (χ4v) is 2.53. The molecule has 1 aromatic rings. The fraction of sp³-hybridized carbons (Fsp3) is 0.500. The Morgan fingerprint density at radius 1 is 1.44 bits per heavy atom. The number of hydrogen-bond donors (Lipinski definition) is 1. The molecule has 4 heteroatoms. The second-order valence-corrected chi connectivity index (χ2v) is 5.73. The lowest BCUT2D eigenvalue weighted by atomic mass is 10.1. The quantitative estimate of drug-likeness (QED) is 0.673. The minimum atomic E-state index is 0.338. The Bertz CT molecular complexity index is 482. The molecule has 2 fully saturated rings. The first-order chi connectivity index (χ1) is 8.65. The highest BCUT2D eigenvalue weighted by Gasteiger charge is 2.39. The molecule has 2 atom stereocenters. The van der Waals surface area contributed by atoms with E-state index in [1.807, 2.05) is 25.2 Å². The Morgan fingerprint density at radius 2 is 2.22 bits per heavy atom. The van der Waals surface area contributed by atoms with Crippen LogP contribution in [0.5, 0.6) is 0 Å². The van der Waals surface area contributed by atoms with Crippen LogP contribution in [0.1, 0.15) is 30.7 Å². The second-order valence-electron chi connectivity index (χ2n) is 5.29. The molecule has 0 radical (unpaired) electrons. The van der Waals surface area contributed by atoms with Gasteiger partial charge >= 0.3 is 0 Å². The lowest BCUT2D eigenvalue weighted by Crippen LogP contribution is -2.36. The van der Waals surface area contributed by atoms with E-state index in [4.69, 9.17) is 17.3 Å². The molecule has 1 aromatic carbocycles. The third-order valence-electron chi connectivity index (χ3n) is 3.79. The smallest absolute Gasteiger partial charge is 0.191 e. The molecule has 3 nitrogen and oxygen atoms in total. The van der Waals surface area contributed by atoms with E-state index < -0.39 is 0 Å². The van der Waals surface area contributed by atoms with Crippen molar-refractivity contribution >= 4 is 17.6 Å². The molecule has 0 spiro atoms. The van der Waals surface area contributed by atoms with Crippen LogP contribution in [0, 0.1) is 0 Å². The van der Waals surface area contributed by atoms with Crippen molar-refractivity contribution in [1.82, 2.24) is 4.90 Å². The van der Waals surface area contributed by atoms with Gasteiger partial charge in [-0.3, -0.25) is 0 Å². The van der Waals surface area contributed by atoms with Crippen LogP contribution in [0.15, 0.2) is 29.3 Å². The Hall–Kier alpha value is -1.22.